The van der Waals surface area contributed by atoms with Crippen LogP contribution in [-0.2, 0) is 16.1 Å². The number of halogens is 1. The van der Waals surface area contributed by atoms with Gasteiger partial charge in [-0.1, -0.05) is 12.1 Å². The van der Waals surface area contributed by atoms with Crippen LogP contribution in [0.1, 0.15) is 25.3 Å². The van der Waals surface area contributed by atoms with Crippen LogP contribution < -0.4 is 15.4 Å². The molecule has 2 N–H and O–H groups in total. The molecule has 0 aliphatic carbocycles. The van der Waals surface area contributed by atoms with Gasteiger partial charge in [-0.05, 0) is 50.6 Å². The summed E-state index contributed by atoms with van der Waals surface area (Å²) in [5, 5.41) is 6.23. The zero-order valence-corrected chi connectivity index (χ0v) is 14.0. The Kier molecular flexibility index (Phi) is 7.65. The van der Waals surface area contributed by atoms with E-state index in [1.807, 2.05) is 31.2 Å². The summed E-state index contributed by atoms with van der Waals surface area (Å²) < 4.78 is 11.0. The van der Waals surface area contributed by atoms with Crippen LogP contribution in [-0.4, -0.2) is 38.3 Å². The maximum atomic E-state index is 12.4. The Morgan fingerprint density at radius 1 is 1.36 bits per heavy atom. The molecule has 0 aromatic heterocycles. The molecule has 1 fully saturated rings. The monoisotopic (exact) mass is 328 g/mol. The maximum absolute atomic E-state index is 12.4. The second kappa shape index (κ2) is 8.98. The Hall–Kier alpha value is -1.30. The first-order chi connectivity index (χ1) is 10.2. The number of piperidine rings is 1. The van der Waals surface area contributed by atoms with Crippen LogP contribution in [0, 0.1) is 0 Å². The number of carbonyl (C=O) groups is 1. The summed E-state index contributed by atoms with van der Waals surface area (Å²) in [6.07, 6.45) is 1.41. The van der Waals surface area contributed by atoms with Crippen molar-refractivity contribution in [2.24, 2.45) is 0 Å². The van der Waals surface area contributed by atoms with Gasteiger partial charge in [0.05, 0.1) is 6.61 Å². The van der Waals surface area contributed by atoms with Crippen molar-refractivity contribution in [3.63, 3.8) is 0 Å². The SMILES string of the molecule is CCOc1cccc(CNC(=O)C2(OC)CCNCC2)c1.Cl. The van der Waals surface area contributed by atoms with Gasteiger partial charge in [-0.25, -0.2) is 0 Å². The molecule has 0 saturated carbocycles. The Morgan fingerprint density at radius 2 is 2.09 bits per heavy atom. The van der Waals surface area contributed by atoms with Crippen LogP contribution in [0.15, 0.2) is 24.3 Å². The van der Waals surface area contributed by atoms with Crippen LogP contribution in [0.5, 0.6) is 5.75 Å². The normalized spacial score (nSPS) is 16.5. The fraction of sp³-hybridized carbons (Fsp3) is 0.562. The van der Waals surface area contributed by atoms with E-state index < -0.39 is 5.60 Å². The van der Waals surface area contributed by atoms with Crippen molar-refractivity contribution in [2.45, 2.75) is 31.9 Å². The molecule has 1 amide bonds. The van der Waals surface area contributed by atoms with Gasteiger partial charge >= 0.3 is 0 Å². The fourth-order valence-electron chi connectivity index (χ4n) is 2.61. The van der Waals surface area contributed by atoms with E-state index in [4.69, 9.17) is 9.47 Å². The minimum Gasteiger partial charge on any atom is -0.494 e. The molecule has 1 aromatic carbocycles. The number of benzene rings is 1. The fourth-order valence-corrected chi connectivity index (χ4v) is 2.61. The van der Waals surface area contributed by atoms with Crippen molar-refractivity contribution in [1.29, 1.82) is 0 Å². The predicted octanol–water partition coefficient (Wildman–Crippen LogP) is 1.89. The molecular weight excluding hydrogens is 304 g/mol. The molecule has 1 saturated heterocycles. The van der Waals surface area contributed by atoms with E-state index in [2.05, 4.69) is 10.6 Å². The van der Waals surface area contributed by atoms with E-state index in [9.17, 15) is 4.79 Å². The van der Waals surface area contributed by atoms with Gasteiger partial charge in [-0.15, -0.1) is 12.4 Å². The number of carbonyl (C=O) groups excluding carboxylic acids is 1. The second-order valence-corrected chi connectivity index (χ2v) is 5.21. The highest BCUT2D eigenvalue weighted by molar-refractivity contribution is 5.85. The molecule has 1 heterocycles. The number of amides is 1. The molecule has 124 valence electrons. The van der Waals surface area contributed by atoms with Gasteiger partial charge in [0.1, 0.15) is 11.4 Å². The first-order valence-electron chi connectivity index (χ1n) is 7.46. The van der Waals surface area contributed by atoms with Gasteiger partial charge < -0.3 is 20.1 Å². The molecule has 22 heavy (non-hydrogen) atoms. The largest absolute Gasteiger partial charge is 0.494 e. The molecule has 0 atom stereocenters. The van der Waals surface area contributed by atoms with E-state index >= 15 is 0 Å². The number of ether oxygens (including phenoxy) is 2. The number of methoxy groups -OCH3 is 1. The van der Waals surface area contributed by atoms with E-state index in [1.165, 1.54) is 0 Å². The molecule has 1 aliphatic rings. The second-order valence-electron chi connectivity index (χ2n) is 5.21. The van der Waals surface area contributed by atoms with Crippen LogP contribution in [0.4, 0.5) is 0 Å². The lowest BCUT2D eigenvalue weighted by Gasteiger charge is -2.34. The summed E-state index contributed by atoms with van der Waals surface area (Å²) >= 11 is 0. The topological polar surface area (TPSA) is 59.6 Å². The van der Waals surface area contributed by atoms with Crippen LogP contribution in [0.3, 0.4) is 0 Å². The minimum atomic E-state index is -0.692. The van der Waals surface area contributed by atoms with E-state index in [0.717, 1.165) is 24.4 Å². The molecular formula is C16H25ClN2O3. The molecule has 2 rings (SSSR count). The Labute approximate surface area is 138 Å². The lowest BCUT2D eigenvalue weighted by atomic mass is 9.91. The van der Waals surface area contributed by atoms with Crippen molar-refractivity contribution in [3.05, 3.63) is 29.8 Å². The average molecular weight is 329 g/mol. The first kappa shape index (κ1) is 18.7. The van der Waals surface area contributed by atoms with Gasteiger partial charge in [0.15, 0.2) is 0 Å². The van der Waals surface area contributed by atoms with Gasteiger partial charge in [-0.2, -0.15) is 0 Å². The van der Waals surface area contributed by atoms with Crippen molar-refractivity contribution < 1.29 is 14.3 Å². The third-order valence-electron chi connectivity index (χ3n) is 3.88. The lowest BCUT2D eigenvalue weighted by molar-refractivity contribution is -0.146. The van der Waals surface area contributed by atoms with Crippen molar-refractivity contribution in [3.8, 4) is 5.75 Å². The third-order valence-corrected chi connectivity index (χ3v) is 3.88. The van der Waals surface area contributed by atoms with Gasteiger partial charge in [0.25, 0.3) is 5.91 Å². The van der Waals surface area contributed by atoms with E-state index in [0.29, 0.717) is 26.0 Å². The number of hydrogen-bond acceptors (Lipinski definition) is 4. The van der Waals surface area contributed by atoms with Gasteiger partial charge in [0, 0.05) is 13.7 Å². The van der Waals surface area contributed by atoms with E-state index in [1.54, 1.807) is 7.11 Å². The molecule has 0 spiro atoms. The maximum Gasteiger partial charge on any atom is 0.252 e. The quantitative estimate of drug-likeness (QED) is 0.837. The summed E-state index contributed by atoms with van der Waals surface area (Å²) in [7, 11) is 1.61. The minimum absolute atomic E-state index is 0. The molecule has 5 nitrogen and oxygen atoms in total. The van der Waals surface area contributed by atoms with Crippen molar-refractivity contribution in [1.82, 2.24) is 10.6 Å². The van der Waals surface area contributed by atoms with Crippen molar-refractivity contribution in [2.75, 3.05) is 26.8 Å². The number of nitrogens with one attached hydrogen (secondary N) is 2. The van der Waals surface area contributed by atoms with Crippen LogP contribution in [0.25, 0.3) is 0 Å². The van der Waals surface area contributed by atoms with Gasteiger partial charge in [-0.3, -0.25) is 4.79 Å². The number of hydrogen-bond donors (Lipinski definition) is 2. The molecule has 6 heteroatoms. The van der Waals surface area contributed by atoms with Crippen LogP contribution in [0.2, 0.25) is 0 Å². The third kappa shape index (κ3) is 4.60. The van der Waals surface area contributed by atoms with Crippen molar-refractivity contribution >= 4 is 18.3 Å². The van der Waals surface area contributed by atoms with Gasteiger partial charge in [0.2, 0.25) is 0 Å². The summed E-state index contributed by atoms with van der Waals surface area (Å²) in [5.74, 6) is 0.792. The zero-order chi connectivity index (χ0) is 15.1. The Balaban J connectivity index is 0.00000242. The molecule has 0 bridgehead atoms. The van der Waals surface area contributed by atoms with Crippen LogP contribution >= 0.6 is 12.4 Å². The highest BCUT2D eigenvalue weighted by atomic mass is 35.5. The lowest BCUT2D eigenvalue weighted by Crippen LogP contribution is -2.53. The Morgan fingerprint density at radius 3 is 2.73 bits per heavy atom. The molecule has 1 aliphatic heterocycles. The average Bonchev–Trinajstić information content (AvgIpc) is 2.54. The summed E-state index contributed by atoms with van der Waals surface area (Å²) in [6.45, 7) is 4.68. The molecule has 0 radical (unpaired) electrons. The molecule has 0 unspecified atom stereocenters. The zero-order valence-electron chi connectivity index (χ0n) is 13.2. The highest BCUT2D eigenvalue weighted by Crippen LogP contribution is 2.23. The standard InChI is InChI=1S/C16H24N2O3.ClH/c1-3-21-14-6-4-5-13(11-14)12-18-15(19)16(20-2)7-9-17-10-8-16;/h4-6,11,17H,3,7-10,12H2,1-2H3,(H,18,19);1H. The number of rotatable bonds is 6. The predicted molar refractivity (Wildman–Crippen MR) is 88.5 cm³/mol. The summed E-state index contributed by atoms with van der Waals surface area (Å²) in [6, 6.07) is 7.78. The summed E-state index contributed by atoms with van der Waals surface area (Å²) in [5.41, 5.74) is 0.331. The summed E-state index contributed by atoms with van der Waals surface area (Å²) in [4.78, 5) is 12.4. The molecule has 1 aromatic rings. The highest BCUT2D eigenvalue weighted by Gasteiger charge is 2.39. The Bertz CT molecular complexity index is 476. The van der Waals surface area contributed by atoms with E-state index in [-0.39, 0.29) is 18.3 Å². The first-order valence-corrected chi connectivity index (χ1v) is 7.46. The smallest absolute Gasteiger partial charge is 0.252 e.